The van der Waals surface area contributed by atoms with E-state index in [0.29, 0.717) is 28.5 Å². The predicted molar refractivity (Wildman–Crippen MR) is 126 cm³/mol. The second-order valence-electron chi connectivity index (χ2n) is 7.36. The van der Waals surface area contributed by atoms with Crippen molar-refractivity contribution in [2.75, 3.05) is 18.0 Å². The number of allylic oxidation sites excluding steroid dienone is 1. The average molecular weight is 413 g/mol. The Morgan fingerprint density at radius 2 is 1.77 bits per heavy atom. The molecule has 0 atom stereocenters. The van der Waals surface area contributed by atoms with E-state index in [1.165, 1.54) is 17.8 Å². The first-order chi connectivity index (χ1) is 15.1. The van der Waals surface area contributed by atoms with Crippen molar-refractivity contribution in [1.29, 1.82) is 0 Å². The molecule has 3 aromatic rings. The van der Waals surface area contributed by atoms with Gasteiger partial charge in [-0.15, -0.1) is 0 Å². The molecule has 4 rings (SSSR count). The Balaban J connectivity index is 1.78. The predicted octanol–water partition coefficient (Wildman–Crippen LogP) is 5.67. The van der Waals surface area contributed by atoms with Gasteiger partial charge in [0.2, 0.25) is 0 Å². The van der Waals surface area contributed by atoms with Crippen LogP contribution in [0.5, 0.6) is 0 Å². The molecule has 1 aromatic heterocycles. The molecule has 0 saturated heterocycles. The van der Waals surface area contributed by atoms with Crippen LogP contribution in [0.2, 0.25) is 0 Å². The first-order valence-electron chi connectivity index (χ1n) is 10.5. The minimum absolute atomic E-state index is 0.300. The van der Waals surface area contributed by atoms with Gasteiger partial charge in [-0.1, -0.05) is 24.3 Å². The summed E-state index contributed by atoms with van der Waals surface area (Å²) in [5.41, 5.74) is 6.13. The fourth-order valence-electron chi connectivity index (χ4n) is 3.67. The first kappa shape index (κ1) is 20.7. The van der Waals surface area contributed by atoms with Crippen molar-refractivity contribution in [3.8, 4) is 0 Å². The number of hydrogen-bond donors (Lipinski definition) is 0. The van der Waals surface area contributed by atoms with Gasteiger partial charge in [-0.05, 0) is 74.4 Å². The maximum absolute atomic E-state index is 13.9. The Morgan fingerprint density at radius 3 is 2.45 bits per heavy atom. The highest BCUT2D eigenvalue weighted by atomic mass is 19.1. The molecular formula is C26H25FN4. The molecule has 0 radical (unpaired) electrons. The molecule has 0 bridgehead atoms. The Bertz CT molecular complexity index is 1180. The lowest BCUT2D eigenvalue weighted by Crippen LogP contribution is -2.21. The molecule has 2 heterocycles. The second-order valence-corrected chi connectivity index (χ2v) is 7.36. The number of pyridine rings is 1. The SMILES string of the molecule is CCN(CC)c1ccc(/C=C2\N=C(c3ccccn3)N=C2c2cccc(F)c2)c(C)c1. The number of aryl methyl sites for hydroxylation is 1. The number of anilines is 1. The summed E-state index contributed by atoms with van der Waals surface area (Å²) < 4.78 is 13.9. The zero-order valence-corrected chi connectivity index (χ0v) is 18.0. The van der Waals surface area contributed by atoms with Crippen LogP contribution in [0.15, 0.2) is 82.5 Å². The summed E-state index contributed by atoms with van der Waals surface area (Å²) in [4.78, 5) is 16.1. The summed E-state index contributed by atoms with van der Waals surface area (Å²) in [6.07, 6.45) is 3.73. The zero-order chi connectivity index (χ0) is 21.8. The molecule has 0 unspecified atom stereocenters. The Morgan fingerprint density at radius 1 is 0.935 bits per heavy atom. The van der Waals surface area contributed by atoms with Crippen molar-refractivity contribution in [2.45, 2.75) is 20.8 Å². The number of aromatic nitrogens is 1. The molecule has 0 aliphatic carbocycles. The van der Waals surface area contributed by atoms with Gasteiger partial charge in [0.15, 0.2) is 5.84 Å². The molecule has 0 amide bonds. The van der Waals surface area contributed by atoms with Crippen molar-refractivity contribution < 1.29 is 4.39 Å². The maximum Gasteiger partial charge on any atom is 0.179 e. The molecule has 156 valence electrons. The first-order valence-corrected chi connectivity index (χ1v) is 10.5. The smallest absolute Gasteiger partial charge is 0.179 e. The van der Waals surface area contributed by atoms with Crippen LogP contribution in [-0.2, 0) is 0 Å². The molecule has 1 aliphatic heterocycles. The molecule has 31 heavy (non-hydrogen) atoms. The van der Waals surface area contributed by atoms with E-state index in [2.05, 4.69) is 48.9 Å². The van der Waals surface area contributed by atoms with Gasteiger partial charge < -0.3 is 4.90 Å². The number of hydrogen-bond acceptors (Lipinski definition) is 4. The van der Waals surface area contributed by atoms with Gasteiger partial charge in [-0.25, -0.2) is 14.4 Å². The standard InChI is InChI=1S/C26H25FN4/c1-4-31(5-2)22-13-12-19(18(3)15-22)17-24-25(20-9-8-10-21(27)16-20)30-26(29-24)23-11-6-7-14-28-23/h6-17H,4-5H2,1-3H3/b24-17-. The van der Waals surface area contributed by atoms with E-state index in [-0.39, 0.29) is 5.82 Å². The van der Waals surface area contributed by atoms with E-state index in [4.69, 9.17) is 9.98 Å². The lowest BCUT2D eigenvalue weighted by molar-refractivity contribution is 0.627. The van der Waals surface area contributed by atoms with Crippen LogP contribution in [0.3, 0.4) is 0 Å². The largest absolute Gasteiger partial charge is 0.372 e. The van der Waals surface area contributed by atoms with Gasteiger partial charge in [0, 0.05) is 30.5 Å². The highest BCUT2D eigenvalue weighted by Gasteiger charge is 2.21. The molecule has 4 nitrogen and oxygen atoms in total. The van der Waals surface area contributed by atoms with Crippen molar-refractivity contribution in [2.24, 2.45) is 9.98 Å². The van der Waals surface area contributed by atoms with Crippen molar-refractivity contribution in [3.63, 3.8) is 0 Å². The Hall–Kier alpha value is -3.60. The normalized spacial score (nSPS) is 14.5. The van der Waals surface area contributed by atoms with Crippen molar-refractivity contribution in [3.05, 3.63) is 101 Å². The third-order valence-electron chi connectivity index (χ3n) is 5.35. The van der Waals surface area contributed by atoms with Crippen LogP contribution >= 0.6 is 0 Å². The van der Waals surface area contributed by atoms with Crippen LogP contribution in [0.25, 0.3) is 6.08 Å². The van der Waals surface area contributed by atoms with Gasteiger partial charge in [0.25, 0.3) is 0 Å². The zero-order valence-electron chi connectivity index (χ0n) is 18.0. The third kappa shape index (κ3) is 4.45. The molecule has 1 aliphatic rings. The molecule has 0 spiro atoms. The fraction of sp³-hybridized carbons (Fsp3) is 0.192. The Labute approximate surface area is 182 Å². The monoisotopic (exact) mass is 412 g/mol. The van der Waals surface area contributed by atoms with Gasteiger partial charge in [-0.3, -0.25) is 4.98 Å². The summed E-state index contributed by atoms with van der Waals surface area (Å²) in [5, 5.41) is 0. The van der Waals surface area contributed by atoms with Crippen LogP contribution in [0, 0.1) is 12.7 Å². The topological polar surface area (TPSA) is 40.9 Å². The van der Waals surface area contributed by atoms with E-state index in [1.807, 2.05) is 30.3 Å². The number of aliphatic imine (C=N–C) groups is 2. The number of rotatable bonds is 6. The van der Waals surface area contributed by atoms with E-state index < -0.39 is 0 Å². The second kappa shape index (κ2) is 9.04. The number of halogens is 1. The van der Waals surface area contributed by atoms with Gasteiger partial charge in [0.05, 0.1) is 11.4 Å². The van der Waals surface area contributed by atoms with Crippen LogP contribution in [0.1, 0.15) is 36.2 Å². The van der Waals surface area contributed by atoms with Gasteiger partial charge in [-0.2, -0.15) is 0 Å². The number of amidine groups is 1. The highest BCUT2D eigenvalue weighted by molar-refractivity contribution is 6.25. The lowest BCUT2D eigenvalue weighted by atomic mass is 10.0. The molecule has 2 aromatic carbocycles. The van der Waals surface area contributed by atoms with Gasteiger partial charge in [0.1, 0.15) is 11.5 Å². The van der Waals surface area contributed by atoms with E-state index in [9.17, 15) is 4.39 Å². The molecular weight excluding hydrogens is 387 g/mol. The van der Waals surface area contributed by atoms with E-state index in [1.54, 1.807) is 12.3 Å². The third-order valence-corrected chi connectivity index (χ3v) is 5.35. The van der Waals surface area contributed by atoms with Crippen LogP contribution < -0.4 is 4.90 Å². The summed E-state index contributed by atoms with van der Waals surface area (Å²) in [5.74, 6) is 0.231. The van der Waals surface area contributed by atoms with Crippen LogP contribution in [-0.4, -0.2) is 29.6 Å². The minimum atomic E-state index is -0.300. The Kier molecular flexibility index (Phi) is 6.03. The summed E-state index contributed by atoms with van der Waals surface area (Å²) in [6, 6.07) is 18.5. The average Bonchev–Trinajstić information content (AvgIpc) is 3.21. The maximum atomic E-state index is 13.9. The van der Waals surface area contributed by atoms with Crippen molar-refractivity contribution >= 4 is 23.3 Å². The quantitative estimate of drug-likeness (QED) is 0.524. The lowest BCUT2D eigenvalue weighted by Gasteiger charge is -2.21. The summed E-state index contributed by atoms with van der Waals surface area (Å²) in [6.45, 7) is 8.33. The van der Waals surface area contributed by atoms with Crippen molar-refractivity contribution in [1.82, 2.24) is 4.98 Å². The minimum Gasteiger partial charge on any atom is -0.372 e. The van der Waals surface area contributed by atoms with E-state index in [0.717, 1.165) is 24.2 Å². The fourth-order valence-corrected chi connectivity index (χ4v) is 3.67. The molecule has 0 N–H and O–H groups in total. The summed E-state index contributed by atoms with van der Waals surface area (Å²) >= 11 is 0. The summed E-state index contributed by atoms with van der Waals surface area (Å²) in [7, 11) is 0. The number of nitrogens with zero attached hydrogens (tertiary/aromatic N) is 4. The highest BCUT2D eigenvalue weighted by Crippen LogP contribution is 2.26. The number of benzene rings is 2. The van der Waals surface area contributed by atoms with Gasteiger partial charge >= 0.3 is 0 Å². The van der Waals surface area contributed by atoms with E-state index >= 15 is 0 Å². The molecule has 0 fully saturated rings. The van der Waals surface area contributed by atoms with Crippen LogP contribution in [0.4, 0.5) is 10.1 Å². The molecule has 5 heteroatoms. The molecule has 0 saturated carbocycles.